The van der Waals surface area contributed by atoms with Crippen LogP contribution in [0.1, 0.15) is 5.82 Å². The Morgan fingerprint density at radius 2 is 1.95 bits per heavy atom. The summed E-state index contributed by atoms with van der Waals surface area (Å²) >= 11 is 0. The molecule has 1 N–H and O–H groups in total. The number of fused-ring (bicyclic) bond motifs is 1. The van der Waals surface area contributed by atoms with Gasteiger partial charge in [0.15, 0.2) is 0 Å². The molecule has 0 fully saturated rings. The van der Waals surface area contributed by atoms with Crippen LogP contribution in [0, 0.1) is 5.82 Å². The molecule has 0 amide bonds. The highest BCUT2D eigenvalue weighted by Crippen LogP contribution is 2.20. The molecule has 0 aliphatic carbocycles. The van der Waals surface area contributed by atoms with Crippen LogP contribution in [0.25, 0.3) is 16.7 Å². The van der Waals surface area contributed by atoms with E-state index in [1.165, 1.54) is 6.07 Å². The Kier molecular flexibility index (Phi) is 2.56. The van der Waals surface area contributed by atoms with E-state index in [9.17, 15) is 4.39 Å². The van der Waals surface area contributed by atoms with Gasteiger partial charge in [0, 0.05) is 30.9 Å². The van der Waals surface area contributed by atoms with Crippen molar-refractivity contribution in [3.05, 3.63) is 61.2 Å². The molecule has 0 bridgehead atoms. The third-order valence-electron chi connectivity index (χ3n) is 3.27. The number of aromatic nitrogens is 6. The second kappa shape index (κ2) is 4.55. The van der Waals surface area contributed by atoms with Gasteiger partial charge in [-0.15, -0.1) is 0 Å². The number of H-pyrrole nitrogens is 1. The second-order valence-electron chi connectivity index (χ2n) is 4.71. The first kappa shape index (κ1) is 11.8. The highest BCUT2D eigenvalue weighted by atomic mass is 19.1. The predicted molar refractivity (Wildman–Crippen MR) is 74.5 cm³/mol. The van der Waals surface area contributed by atoms with Crippen LogP contribution in [0.5, 0.6) is 0 Å². The van der Waals surface area contributed by atoms with Crippen molar-refractivity contribution in [1.82, 2.24) is 29.1 Å². The van der Waals surface area contributed by atoms with Gasteiger partial charge in [-0.05, 0) is 6.07 Å². The highest BCUT2D eigenvalue weighted by molar-refractivity contribution is 5.78. The molecule has 7 heteroatoms. The lowest BCUT2D eigenvalue weighted by Gasteiger charge is -2.03. The normalized spacial score (nSPS) is 11.3. The van der Waals surface area contributed by atoms with Crippen molar-refractivity contribution in [1.29, 1.82) is 0 Å². The smallest absolute Gasteiger partial charge is 0.149 e. The van der Waals surface area contributed by atoms with Gasteiger partial charge in [-0.25, -0.2) is 19.3 Å². The molecule has 6 nitrogen and oxygen atoms in total. The maximum Gasteiger partial charge on any atom is 0.149 e. The highest BCUT2D eigenvalue weighted by Gasteiger charge is 2.10. The number of benzene rings is 1. The van der Waals surface area contributed by atoms with Crippen LogP contribution in [-0.4, -0.2) is 29.1 Å². The van der Waals surface area contributed by atoms with Gasteiger partial charge in [-0.2, -0.15) is 0 Å². The van der Waals surface area contributed by atoms with Crippen LogP contribution in [0.2, 0.25) is 0 Å². The van der Waals surface area contributed by atoms with Gasteiger partial charge in [-0.3, -0.25) is 0 Å². The SMILES string of the molecule is Fc1cc2[nH]c(Cn3ccnc3)nc2cc1-n1ccnc1. The Balaban J connectivity index is 1.77. The van der Waals surface area contributed by atoms with Crippen LogP contribution in [0.3, 0.4) is 0 Å². The fourth-order valence-corrected chi connectivity index (χ4v) is 2.30. The molecule has 0 saturated heterocycles. The number of imidazole rings is 3. The summed E-state index contributed by atoms with van der Waals surface area (Å²) in [7, 11) is 0. The van der Waals surface area contributed by atoms with Gasteiger partial charge < -0.3 is 14.1 Å². The summed E-state index contributed by atoms with van der Waals surface area (Å²) in [5, 5.41) is 0. The molecule has 3 heterocycles. The fraction of sp³-hybridized carbons (Fsp3) is 0.0714. The van der Waals surface area contributed by atoms with Crippen molar-refractivity contribution < 1.29 is 4.39 Å². The van der Waals surface area contributed by atoms with Crippen molar-refractivity contribution in [2.45, 2.75) is 6.54 Å². The zero-order chi connectivity index (χ0) is 14.2. The van der Waals surface area contributed by atoms with Crippen molar-refractivity contribution in [3.8, 4) is 5.69 Å². The van der Waals surface area contributed by atoms with Crippen molar-refractivity contribution in [2.24, 2.45) is 0 Å². The van der Waals surface area contributed by atoms with Crippen LogP contribution in [-0.2, 0) is 6.54 Å². The first-order valence-electron chi connectivity index (χ1n) is 6.42. The van der Waals surface area contributed by atoms with E-state index in [4.69, 9.17) is 0 Å². The molecule has 0 spiro atoms. The summed E-state index contributed by atoms with van der Waals surface area (Å²) in [4.78, 5) is 15.5. The van der Waals surface area contributed by atoms with Crippen LogP contribution in [0.4, 0.5) is 4.39 Å². The summed E-state index contributed by atoms with van der Waals surface area (Å²) in [6, 6.07) is 3.16. The number of nitrogens with zero attached hydrogens (tertiary/aromatic N) is 5. The van der Waals surface area contributed by atoms with Gasteiger partial charge in [0.25, 0.3) is 0 Å². The molecule has 0 atom stereocenters. The molecule has 0 saturated carbocycles. The zero-order valence-corrected chi connectivity index (χ0v) is 10.9. The van der Waals surface area contributed by atoms with E-state index in [1.54, 1.807) is 41.9 Å². The zero-order valence-electron chi connectivity index (χ0n) is 10.9. The van der Waals surface area contributed by atoms with E-state index in [1.807, 2.05) is 10.8 Å². The summed E-state index contributed by atoms with van der Waals surface area (Å²) in [6.45, 7) is 0.566. The first-order valence-corrected chi connectivity index (χ1v) is 6.42. The molecule has 0 unspecified atom stereocenters. The summed E-state index contributed by atoms with van der Waals surface area (Å²) < 4.78 is 17.7. The molecule has 0 aliphatic heterocycles. The quantitative estimate of drug-likeness (QED) is 0.626. The average Bonchev–Trinajstić information content (AvgIpc) is 3.17. The topological polar surface area (TPSA) is 64.3 Å². The van der Waals surface area contributed by atoms with Crippen LogP contribution in [0.15, 0.2) is 49.6 Å². The number of aromatic amines is 1. The Bertz CT molecular complexity index is 876. The Hall–Kier alpha value is -2.96. The molecule has 4 rings (SSSR count). The van der Waals surface area contributed by atoms with Gasteiger partial charge >= 0.3 is 0 Å². The van der Waals surface area contributed by atoms with Gasteiger partial charge in [0.1, 0.15) is 11.6 Å². The minimum absolute atomic E-state index is 0.321. The predicted octanol–water partition coefficient (Wildman–Crippen LogP) is 2.13. The second-order valence-corrected chi connectivity index (χ2v) is 4.71. The number of halogens is 1. The van der Waals surface area contributed by atoms with Gasteiger partial charge in [0.2, 0.25) is 0 Å². The third kappa shape index (κ3) is 2.08. The minimum Gasteiger partial charge on any atom is -0.340 e. The van der Waals surface area contributed by atoms with E-state index < -0.39 is 0 Å². The summed E-state index contributed by atoms with van der Waals surface area (Å²) in [5.41, 5.74) is 1.82. The van der Waals surface area contributed by atoms with Gasteiger partial charge in [0.05, 0.1) is 35.9 Å². The van der Waals surface area contributed by atoms with E-state index >= 15 is 0 Å². The Morgan fingerprint density at radius 3 is 2.71 bits per heavy atom. The summed E-state index contributed by atoms with van der Waals surface area (Å²) in [6.07, 6.45) is 10.1. The lowest BCUT2D eigenvalue weighted by molar-refractivity contribution is 0.619. The molecular formula is C14H11FN6. The maximum absolute atomic E-state index is 14.2. The van der Waals surface area contributed by atoms with Crippen molar-refractivity contribution in [2.75, 3.05) is 0 Å². The standard InChI is InChI=1S/C14H11FN6/c15-10-5-11-12(6-13(10)21-4-2-17-9-21)19-14(18-11)7-20-3-1-16-8-20/h1-6,8-9H,7H2,(H,18,19). The molecule has 0 radical (unpaired) electrons. The molecule has 104 valence electrons. The van der Waals surface area contributed by atoms with Crippen LogP contribution < -0.4 is 0 Å². The lowest BCUT2D eigenvalue weighted by Crippen LogP contribution is -1.97. The number of nitrogens with one attached hydrogen (secondary N) is 1. The molecule has 21 heavy (non-hydrogen) atoms. The molecule has 3 aromatic heterocycles. The largest absolute Gasteiger partial charge is 0.340 e. The average molecular weight is 282 g/mol. The van der Waals surface area contributed by atoms with E-state index in [0.29, 0.717) is 17.7 Å². The maximum atomic E-state index is 14.2. The number of hydrogen-bond acceptors (Lipinski definition) is 3. The lowest BCUT2D eigenvalue weighted by atomic mass is 10.2. The van der Waals surface area contributed by atoms with E-state index in [2.05, 4.69) is 19.9 Å². The Labute approximate surface area is 118 Å². The Morgan fingerprint density at radius 1 is 1.10 bits per heavy atom. The summed E-state index contributed by atoms with van der Waals surface area (Å²) in [5.74, 6) is 0.434. The third-order valence-corrected chi connectivity index (χ3v) is 3.27. The molecule has 1 aromatic carbocycles. The van der Waals surface area contributed by atoms with Crippen molar-refractivity contribution >= 4 is 11.0 Å². The number of rotatable bonds is 3. The van der Waals surface area contributed by atoms with E-state index in [0.717, 1.165) is 11.3 Å². The minimum atomic E-state index is -0.321. The monoisotopic (exact) mass is 282 g/mol. The number of hydrogen-bond donors (Lipinski definition) is 1. The van der Waals surface area contributed by atoms with Gasteiger partial charge in [-0.1, -0.05) is 0 Å². The molecule has 0 aliphatic rings. The first-order chi connectivity index (χ1) is 10.3. The van der Waals surface area contributed by atoms with Crippen molar-refractivity contribution in [3.63, 3.8) is 0 Å². The van der Waals surface area contributed by atoms with Crippen LogP contribution >= 0.6 is 0 Å². The molecule has 4 aromatic rings. The fourth-order valence-electron chi connectivity index (χ4n) is 2.30. The van der Waals surface area contributed by atoms with E-state index in [-0.39, 0.29) is 5.82 Å². The molecular weight excluding hydrogens is 271 g/mol.